The molecule has 0 radical (unpaired) electrons. The first kappa shape index (κ1) is 15.4. The molecule has 0 aliphatic carbocycles. The van der Waals surface area contributed by atoms with E-state index in [0.717, 1.165) is 27.4 Å². The van der Waals surface area contributed by atoms with Crippen LogP contribution >= 0.6 is 15.9 Å². The molecule has 0 aliphatic rings. The molecule has 1 atom stereocenters. The number of ether oxygens (including phenoxy) is 1. The summed E-state index contributed by atoms with van der Waals surface area (Å²) in [5, 5.41) is 11.5. The maximum Gasteiger partial charge on any atom is 0.0812 e. The van der Waals surface area contributed by atoms with Crippen molar-refractivity contribution >= 4 is 26.8 Å². The van der Waals surface area contributed by atoms with Crippen LogP contribution in [0.5, 0.6) is 0 Å². The number of hydrogen-bond acceptors (Lipinski definition) is 3. The van der Waals surface area contributed by atoms with Crippen LogP contribution in [0.4, 0.5) is 0 Å². The van der Waals surface area contributed by atoms with Crippen LogP contribution in [0.1, 0.15) is 38.4 Å². The third-order valence-corrected chi connectivity index (χ3v) is 4.37. The summed E-state index contributed by atoms with van der Waals surface area (Å²) in [6.07, 6.45) is 2.66. The Hall–Kier alpha value is -0.970. The van der Waals surface area contributed by atoms with E-state index in [2.05, 4.69) is 20.9 Å². The third-order valence-electron chi connectivity index (χ3n) is 3.68. The van der Waals surface area contributed by atoms with Crippen molar-refractivity contribution < 1.29 is 9.84 Å². The number of halogens is 1. The molecular weight excluding hydrogens is 318 g/mol. The van der Waals surface area contributed by atoms with Crippen LogP contribution in [0.2, 0.25) is 0 Å². The smallest absolute Gasteiger partial charge is 0.0812 e. The molecule has 0 spiro atoms. The van der Waals surface area contributed by atoms with Crippen molar-refractivity contribution in [2.45, 2.75) is 38.4 Å². The molecule has 1 aromatic heterocycles. The lowest BCUT2D eigenvalue weighted by molar-refractivity contribution is 0.00289. The summed E-state index contributed by atoms with van der Waals surface area (Å²) in [4.78, 5) is 4.41. The van der Waals surface area contributed by atoms with Crippen molar-refractivity contribution in [2.24, 2.45) is 0 Å². The second-order valence-electron chi connectivity index (χ2n) is 5.55. The van der Waals surface area contributed by atoms with E-state index in [-0.39, 0.29) is 5.60 Å². The first-order valence-electron chi connectivity index (χ1n) is 6.71. The molecule has 3 nitrogen and oxygen atoms in total. The number of aliphatic hydroxyl groups excluding tert-OH is 1. The second-order valence-corrected chi connectivity index (χ2v) is 6.41. The van der Waals surface area contributed by atoms with Gasteiger partial charge < -0.3 is 9.84 Å². The van der Waals surface area contributed by atoms with Crippen molar-refractivity contribution in [3.63, 3.8) is 0 Å². The lowest BCUT2D eigenvalue weighted by atomic mass is 9.95. The van der Waals surface area contributed by atoms with Gasteiger partial charge in [-0.3, -0.25) is 4.98 Å². The number of fused-ring (bicyclic) bond motifs is 1. The Labute approximate surface area is 128 Å². The highest BCUT2D eigenvalue weighted by atomic mass is 79.9. The van der Waals surface area contributed by atoms with Gasteiger partial charge in [0.1, 0.15) is 0 Å². The zero-order chi connectivity index (χ0) is 14.8. The molecule has 0 bridgehead atoms. The summed E-state index contributed by atoms with van der Waals surface area (Å²) in [6, 6.07) is 7.80. The molecule has 2 aromatic rings. The normalized spacial score (nSPS) is 13.7. The van der Waals surface area contributed by atoms with Gasteiger partial charge in [0.25, 0.3) is 0 Å². The number of methoxy groups -OCH3 is 1. The van der Waals surface area contributed by atoms with Gasteiger partial charge in [-0.25, -0.2) is 0 Å². The minimum absolute atomic E-state index is 0.223. The topological polar surface area (TPSA) is 42.4 Å². The first-order valence-corrected chi connectivity index (χ1v) is 7.50. The van der Waals surface area contributed by atoms with E-state index in [1.165, 1.54) is 0 Å². The fourth-order valence-corrected chi connectivity index (χ4v) is 2.62. The summed E-state index contributed by atoms with van der Waals surface area (Å²) in [5.74, 6) is 0. The monoisotopic (exact) mass is 337 g/mol. The van der Waals surface area contributed by atoms with Gasteiger partial charge in [-0.15, -0.1) is 0 Å². The number of pyridine rings is 1. The van der Waals surface area contributed by atoms with E-state index in [0.29, 0.717) is 6.42 Å². The van der Waals surface area contributed by atoms with Crippen molar-refractivity contribution in [2.75, 3.05) is 7.11 Å². The van der Waals surface area contributed by atoms with Crippen molar-refractivity contribution in [3.05, 3.63) is 40.5 Å². The van der Waals surface area contributed by atoms with Crippen LogP contribution in [-0.4, -0.2) is 22.8 Å². The molecule has 1 unspecified atom stereocenters. The third kappa shape index (κ3) is 3.37. The molecule has 108 valence electrons. The van der Waals surface area contributed by atoms with Crippen LogP contribution in [0.25, 0.3) is 10.9 Å². The van der Waals surface area contributed by atoms with Gasteiger partial charge >= 0.3 is 0 Å². The SMILES string of the molecule is COC(C)(C)CCC(O)c1ccc(Br)c2cccnc12. The van der Waals surface area contributed by atoms with Crippen LogP contribution < -0.4 is 0 Å². The number of benzene rings is 1. The van der Waals surface area contributed by atoms with Gasteiger partial charge in [0.2, 0.25) is 0 Å². The fraction of sp³-hybridized carbons (Fsp3) is 0.438. The highest BCUT2D eigenvalue weighted by molar-refractivity contribution is 9.10. The Bertz CT molecular complexity index is 598. The van der Waals surface area contributed by atoms with E-state index >= 15 is 0 Å². The standard InChI is InChI=1S/C16H20BrNO2/c1-16(2,20-3)9-8-14(19)12-6-7-13(17)11-5-4-10-18-15(11)12/h4-7,10,14,19H,8-9H2,1-3H3. The fourth-order valence-electron chi connectivity index (χ4n) is 2.17. The zero-order valence-corrected chi connectivity index (χ0v) is 13.6. The second kappa shape index (κ2) is 6.20. The Morgan fingerprint density at radius 2 is 2.10 bits per heavy atom. The van der Waals surface area contributed by atoms with Gasteiger partial charge in [-0.05, 0) is 38.8 Å². The summed E-state index contributed by atoms with van der Waals surface area (Å²) < 4.78 is 6.39. The Morgan fingerprint density at radius 1 is 1.35 bits per heavy atom. The highest BCUT2D eigenvalue weighted by Crippen LogP contribution is 2.31. The lowest BCUT2D eigenvalue weighted by Crippen LogP contribution is -2.23. The number of aromatic nitrogens is 1. The maximum absolute atomic E-state index is 10.5. The first-order chi connectivity index (χ1) is 9.44. The predicted molar refractivity (Wildman–Crippen MR) is 84.7 cm³/mol. The van der Waals surface area contributed by atoms with Crippen LogP contribution in [0, 0.1) is 0 Å². The molecule has 2 rings (SSSR count). The van der Waals surface area contributed by atoms with Crippen LogP contribution in [0.3, 0.4) is 0 Å². The van der Waals surface area contributed by atoms with Crippen molar-refractivity contribution in [3.8, 4) is 0 Å². The van der Waals surface area contributed by atoms with Gasteiger partial charge in [-0.2, -0.15) is 0 Å². The van der Waals surface area contributed by atoms with E-state index in [1.807, 2.05) is 38.1 Å². The Morgan fingerprint density at radius 3 is 2.80 bits per heavy atom. The molecular formula is C16H20BrNO2. The van der Waals surface area contributed by atoms with Gasteiger partial charge in [0, 0.05) is 28.7 Å². The molecule has 1 aromatic carbocycles. The summed E-state index contributed by atoms with van der Waals surface area (Å²) >= 11 is 3.52. The van der Waals surface area contributed by atoms with E-state index < -0.39 is 6.10 Å². The minimum Gasteiger partial charge on any atom is -0.388 e. The molecule has 4 heteroatoms. The summed E-state index contributed by atoms with van der Waals surface area (Å²) in [7, 11) is 1.70. The summed E-state index contributed by atoms with van der Waals surface area (Å²) in [5.41, 5.74) is 1.50. The molecule has 1 heterocycles. The molecule has 0 saturated carbocycles. The van der Waals surface area contributed by atoms with Crippen LogP contribution in [0.15, 0.2) is 34.9 Å². The Kier molecular flexibility index (Phi) is 4.78. The predicted octanol–water partition coefficient (Wildman–Crippen LogP) is 4.24. The van der Waals surface area contributed by atoms with Gasteiger partial charge in [0.15, 0.2) is 0 Å². The van der Waals surface area contributed by atoms with Crippen molar-refractivity contribution in [1.29, 1.82) is 0 Å². The largest absolute Gasteiger partial charge is 0.388 e. The molecule has 0 saturated heterocycles. The number of rotatable bonds is 5. The van der Waals surface area contributed by atoms with Gasteiger partial charge in [-0.1, -0.05) is 28.1 Å². The molecule has 20 heavy (non-hydrogen) atoms. The highest BCUT2D eigenvalue weighted by Gasteiger charge is 2.20. The minimum atomic E-state index is -0.532. The van der Waals surface area contributed by atoms with Crippen LogP contribution in [-0.2, 0) is 4.74 Å². The molecule has 0 aliphatic heterocycles. The zero-order valence-electron chi connectivity index (χ0n) is 12.1. The Balaban J connectivity index is 2.27. The maximum atomic E-state index is 10.5. The number of aliphatic hydroxyl groups is 1. The molecule has 1 N–H and O–H groups in total. The average molecular weight is 338 g/mol. The van der Waals surface area contributed by atoms with Crippen molar-refractivity contribution in [1.82, 2.24) is 4.98 Å². The van der Waals surface area contributed by atoms with Gasteiger partial charge in [0.05, 0.1) is 17.2 Å². The quantitative estimate of drug-likeness (QED) is 0.887. The summed E-state index contributed by atoms with van der Waals surface area (Å²) in [6.45, 7) is 4.05. The average Bonchev–Trinajstić information content (AvgIpc) is 2.46. The number of nitrogens with zero attached hydrogens (tertiary/aromatic N) is 1. The molecule has 0 amide bonds. The van der Waals surface area contributed by atoms with E-state index in [1.54, 1.807) is 13.3 Å². The molecule has 0 fully saturated rings. The lowest BCUT2D eigenvalue weighted by Gasteiger charge is -2.24. The number of hydrogen-bond donors (Lipinski definition) is 1. The van der Waals surface area contributed by atoms with E-state index in [9.17, 15) is 5.11 Å². The van der Waals surface area contributed by atoms with E-state index in [4.69, 9.17) is 4.74 Å².